The van der Waals surface area contributed by atoms with Crippen LogP contribution in [0.25, 0.3) is 10.8 Å². The van der Waals surface area contributed by atoms with Gasteiger partial charge in [-0.2, -0.15) is 0 Å². The van der Waals surface area contributed by atoms with Crippen LogP contribution < -0.4 is 10.6 Å². The highest BCUT2D eigenvalue weighted by molar-refractivity contribution is 5.86. The van der Waals surface area contributed by atoms with Crippen LogP contribution in [0.4, 0.5) is 0 Å². The predicted octanol–water partition coefficient (Wildman–Crippen LogP) is 2.84. The van der Waals surface area contributed by atoms with Crippen molar-refractivity contribution in [2.24, 2.45) is 5.92 Å². The van der Waals surface area contributed by atoms with Crippen LogP contribution in [-0.2, 0) is 11.3 Å². The zero-order valence-corrected chi connectivity index (χ0v) is 12.4. The Bertz CT molecular complexity index is 633. The molecule has 1 amide bonds. The Morgan fingerprint density at radius 2 is 2.05 bits per heavy atom. The average Bonchev–Trinajstić information content (AvgIpc) is 2.52. The van der Waals surface area contributed by atoms with Crippen LogP contribution in [0.3, 0.4) is 0 Å². The molecule has 0 spiro atoms. The van der Waals surface area contributed by atoms with E-state index in [4.69, 9.17) is 0 Å². The van der Waals surface area contributed by atoms with E-state index in [-0.39, 0.29) is 11.8 Å². The van der Waals surface area contributed by atoms with Crippen LogP contribution in [0, 0.1) is 5.92 Å². The summed E-state index contributed by atoms with van der Waals surface area (Å²) in [5.74, 6) is 0.340. The summed E-state index contributed by atoms with van der Waals surface area (Å²) in [5.41, 5.74) is 1.18. The minimum absolute atomic E-state index is 0.149. The lowest BCUT2D eigenvalue weighted by Crippen LogP contribution is -2.42. The Labute approximate surface area is 125 Å². The fraction of sp³-hybridized carbons (Fsp3) is 0.389. The minimum atomic E-state index is 0.149. The molecular weight excluding hydrogens is 260 g/mol. The van der Waals surface area contributed by atoms with Gasteiger partial charge in [-0.3, -0.25) is 4.79 Å². The van der Waals surface area contributed by atoms with Crippen molar-refractivity contribution < 1.29 is 4.79 Å². The van der Waals surface area contributed by atoms with Gasteiger partial charge in [-0.05, 0) is 42.6 Å². The first-order chi connectivity index (χ1) is 10.2. The van der Waals surface area contributed by atoms with Crippen molar-refractivity contribution in [1.82, 2.24) is 10.6 Å². The number of carbonyl (C=O) groups is 1. The number of hydrogen-bond acceptors (Lipinski definition) is 2. The zero-order chi connectivity index (χ0) is 14.7. The van der Waals surface area contributed by atoms with Crippen molar-refractivity contribution in [3.05, 3.63) is 48.0 Å². The fourth-order valence-corrected chi connectivity index (χ4v) is 3.14. The van der Waals surface area contributed by atoms with Gasteiger partial charge in [0.25, 0.3) is 0 Å². The summed E-state index contributed by atoms with van der Waals surface area (Å²) in [6.07, 6.45) is 1.87. The topological polar surface area (TPSA) is 41.1 Å². The maximum atomic E-state index is 12.3. The lowest BCUT2D eigenvalue weighted by Gasteiger charge is -2.27. The van der Waals surface area contributed by atoms with Crippen LogP contribution >= 0.6 is 0 Å². The van der Waals surface area contributed by atoms with Gasteiger partial charge in [0.2, 0.25) is 5.91 Å². The highest BCUT2D eigenvalue weighted by Gasteiger charge is 2.24. The number of hydrogen-bond donors (Lipinski definition) is 2. The summed E-state index contributed by atoms with van der Waals surface area (Å²) in [6, 6.07) is 15.0. The number of nitrogens with one attached hydrogen (secondary N) is 2. The van der Waals surface area contributed by atoms with Crippen molar-refractivity contribution in [3.8, 4) is 0 Å². The third kappa shape index (κ3) is 3.24. The van der Waals surface area contributed by atoms with E-state index in [1.165, 1.54) is 16.3 Å². The van der Waals surface area contributed by atoms with Crippen molar-refractivity contribution in [2.45, 2.75) is 32.4 Å². The molecule has 110 valence electrons. The molecule has 21 heavy (non-hydrogen) atoms. The van der Waals surface area contributed by atoms with E-state index in [1.807, 2.05) is 12.1 Å². The first kappa shape index (κ1) is 14.1. The summed E-state index contributed by atoms with van der Waals surface area (Å²) in [4.78, 5) is 12.3. The van der Waals surface area contributed by atoms with Gasteiger partial charge in [0.1, 0.15) is 0 Å². The number of carbonyl (C=O) groups excluding carboxylic acids is 1. The molecule has 1 aliphatic rings. The summed E-state index contributed by atoms with van der Waals surface area (Å²) < 4.78 is 0. The van der Waals surface area contributed by atoms with Crippen LogP contribution in [0.2, 0.25) is 0 Å². The van der Waals surface area contributed by atoms with Crippen molar-refractivity contribution in [2.75, 3.05) is 6.54 Å². The molecule has 2 aromatic rings. The van der Waals surface area contributed by atoms with E-state index < -0.39 is 0 Å². The van der Waals surface area contributed by atoms with Gasteiger partial charge in [0, 0.05) is 18.5 Å². The number of fused-ring (bicyclic) bond motifs is 1. The molecule has 0 saturated carbocycles. The molecule has 1 aliphatic heterocycles. The zero-order valence-electron chi connectivity index (χ0n) is 12.4. The normalized spacial score (nSPS) is 22.1. The Kier molecular flexibility index (Phi) is 4.20. The van der Waals surface area contributed by atoms with Gasteiger partial charge in [0.15, 0.2) is 0 Å². The van der Waals surface area contributed by atoms with Gasteiger partial charge in [-0.15, -0.1) is 0 Å². The molecule has 2 aromatic carbocycles. The maximum Gasteiger partial charge on any atom is 0.223 e. The molecule has 0 bridgehead atoms. The first-order valence-electron chi connectivity index (χ1n) is 7.72. The molecule has 0 unspecified atom stereocenters. The fourth-order valence-electron chi connectivity index (χ4n) is 3.14. The smallest absolute Gasteiger partial charge is 0.223 e. The third-order valence-corrected chi connectivity index (χ3v) is 4.33. The van der Waals surface area contributed by atoms with E-state index in [1.54, 1.807) is 0 Å². The Morgan fingerprint density at radius 1 is 1.24 bits per heavy atom. The molecule has 3 rings (SSSR count). The molecule has 2 atom stereocenters. The lowest BCUT2D eigenvalue weighted by atomic mass is 9.92. The monoisotopic (exact) mass is 282 g/mol. The summed E-state index contributed by atoms with van der Waals surface area (Å²) in [5, 5.41) is 8.94. The highest BCUT2D eigenvalue weighted by atomic mass is 16.1. The Balaban J connectivity index is 1.67. The molecule has 1 saturated heterocycles. The highest BCUT2D eigenvalue weighted by Crippen LogP contribution is 2.19. The van der Waals surface area contributed by atoms with Gasteiger partial charge >= 0.3 is 0 Å². The van der Waals surface area contributed by atoms with Crippen LogP contribution in [0.15, 0.2) is 42.5 Å². The average molecular weight is 282 g/mol. The van der Waals surface area contributed by atoms with Crippen molar-refractivity contribution in [3.63, 3.8) is 0 Å². The standard InChI is InChI=1S/C18H22N2O/c1-13-11-15(9-10-19-13)18(21)20-12-16-7-4-6-14-5-2-3-8-17(14)16/h2-8,13,15,19H,9-12H2,1H3,(H,20,21)/t13-,15-/m0/s1. The number of piperidine rings is 1. The predicted molar refractivity (Wildman–Crippen MR) is 86.0 cm³/mol. The van der Waals surface area contributed by atoms with Crippen LogP contribution in [-0.4, -0.2) is 18.5 Å². The van der Waals surface area contributed by atoms with Gasteiger partial charge < -0.3 is 10.6 Å². The van der Waals surface area contributed by atoms with E-state index in [0.717, 1.165) is 19.4 Å². The van der Waals surface area contributed by atoms with Crippen LogP contribution in [0.1, 0.15) is 25.3 Å². The molecule has 0 aromatic heterocycles. The first-order valence-corrected chi connectivity index (χ1v) is 7.72. The molecular formula is C18H22N2O. The van der Waals surface area contributed by atoms with Crippen LogP contribution in [0.5, 0.6) is 0 Å². The molecule has 0 aliphatic carbocycles. The Hall–Kier alpha value is -1.87. The number of rotatable bonds is 3. The number of benzene rings is 2. The van der Waals surface area contributed by atoms with E-state index in [0.29, 0.717) is 12.6 Å². The summed E-state index contributed by atoms with van der Waals surface area (Å²) in [6.45, 7) is 3.69. The van der Waals surface area contributed by atoms with Gasteiger partial charge in [-0.1, -0.05) is 42.5 Å². The molecule has 1 fully saturated rings. The lowest BCUT2D eigenvalue weighted by molar-refractivity contribution is -0.126. The van der Waals surface area contributed by atoms with E-state index >= 15 is 0 Å². The molecule has 3 heteroatoms. The maximum absolute atomic E-state index is 12.3. The van der Waals surface area contributed by atoms with Gasteiger partial charge in [-0.25, -0.2) is 0 Å². The second-order valence-corrected chi connectivity index (χ2v) is 5.93. The summed E-state index contributed by atoms with van der Waals surface area (Å²) in [7, 11) is 0. The molecule has 0 radical (unpaired) electrons. The van der Waals surface area contributed by atoms with Gasteiger partial charge in [0.05, 0.1) is 0 Å². The van der Waals surface area contributed by atoms with Crippen molar-refractivity contribution in [1.29, 1.82) is 0 Å². The molecule has 1 heterocycles. The SMILES string of the molecule is C[C@H]1C[C@@H](C(=O)NCc2cccc3ccccc23)CCN1. The van der Waals surface area contributed by atoms with E-state index in [9.17, 15) is 4.79 Å². The van der Waals surface area contributed by atoms with E-state index in [2.05, 4.69) is 47.9 Å². The number of amides is 1. The third-order valence-electron chi connectivity index (χ3n) is 4.33. The molecule has 3 nitrogen and oxygen atoms in total. The minimum Gasteiger partial charge on any atom is -0.352 e. The largest absolute Gasteiger partial charge is 0.352 e. The second kappa shape index (κ2) is 6.27. The second-order valence-electron chi connectivity index (χ2n) is 5.93. The quantitative estimate of drug-likeness (QED) is 0.909. The molecule has 2 N–H and O–H groups in total. The Morgan fingerprint density at radius 3 is 2.90 bits per heavy atom. The van der Waals surface area contributed by atoms with Crippen molar-refractivity contribution >= 4 is 16.7 Å². The summed E-state index contributed by atoms with van der Waals surface area (Å²) >= 11 is 0.